The van der Waals surface area contributed by atoms with Gasteiger partial charge in [0, 0.05) is 7.05 Å². The Morgan fingerprint density at radius 3 is 2.58 bits per heavy atom. The number of carbonyl (C=O) groups is 1. The van der Waals surface area contributed by atoms with Crippen LogP contribution in [0.2, 0.25) is 0 Å². The topological polar surface area (TPSA) is 75.3 Å². The molecule has 1 amide bonds. The van der Waals surface area contributed by atoms with Crippen LogP contribution < -0.4 is 10.3 Å². The van der Waals surface area contributed by atoms with Gasteiger partial charge in [-0.1, -0.05) is 18.2 Å². The van der Waals surface area contributed by atoms with E-state index in [1.165, 1.54) is 4.90 Å². The molecule has 0 atom stereocenters. The molecule has 26 heavy (non-hydrogen) atoms. The lowest BCUT2D eigenvalue weighted by molar-refractivity contribution is -0.132. The number of para-hydroxylation sites is 1. The van der Waals surface area contributed by atoms with Gasteiger partial charge in [-0.2, -0.15) is 0 Å². The molecule has 1 heterocycles. The highest BCUT2D eigenvalue weighted by Gasteiger charge is 2.13. The van der Waals surface area contributed by atoms with Gasteiger partial charge < -0.3 is 14.6 Å². The molecule has 3 rings (SSSR count). The lowest BCUT2D eigenvalue weighted by Crippen LogP contribution is -2.32. The number of aryl methyl sites for hydroxylation is 2. The molecule has 134 valence electrons. The zero-order valence-corrected chi connectivity index (χ0v) is 15.1. The Kier molecular flexibility index (Phi) is 5.02. The van der Waals surface area contributed by atoms with E-state index in [4.69, 9.17) is 4.74 Å². The van der Waals surface area contributed by atoms with Crippen molar-refractivity contribution in [1.29, 1.82) is 0 Å². The van der Waals surface area contributed by atoms with Crippen molar-refractivity contribution >= 4 is 16.8 Å². The number of ether oxygens (including phenoxy) is 1. The number of aromatic amines is 1. The van der Waals surface area contributed by atoms with Crippen LogP contribution in [0.4, 0.5) is 0 Å². The van der Waals surface area contributed by atoms with Crippen LogP contribution >= 0.6 is 0 Å². The lowest BCUT2D eigenvalue weighted by Gasteiger charge is -2.17. The number of nitrogens with zero attached hydrogens (tertiary/aromatic N) is 2. The predicted molar refractivity (Wildman–Crippen MR) is 100 cm³/mol. The zero-order chi connectivity index (χ0) is 18.7. The summed E-state index contributed by atoms with van der Waals surface area (Å²) in [5, 5.41) is 0.531. The van der Waals surface area contributed by atoms with Crippen LogP contribution in [0.1, 0.15) is 17.0 Å². The molecule has 6 nitrogen and oxygen atoms in total. The standard InChI is InChI=1S/C20H21N3O3/c1-13-8-14(2)10-15(9-13)26-12-19(24)23(3)11-18-21-17-7-5-4-6-16(17)20(25)22-18/h4-10H,11-12H2,1-3H3,(H,21,22,25). The Balaban J connectivity index is 1.66. The Bertz CT molecular complexity index is 990. The molecule has 2 aromatic carbocycles. The maximum absolute atomic E-state index is 12.3. The van der Waals surface area contributed by atoms with Crippen molar-refractivity contribution in [1.82, 2.24) is 14.9 Å². The fourth-order valence-electron chi connectivity index (χ4n) is 2.79. The predicted octanol–water partition coefficient (Wildman–Crippen LogP) is 2.58. The van der Waals surface area contributed by atoms with Gasteiger partial charge in [-0.25, -0.2) is 4.98 Å². The Morgan fingerprint density at radius 2 is 1.85 bits per heavy atom. The molecule has 0 aliphatic carbocycles. The average Bonchev–Trinajstić information content (AvgIpc) is 2.59. The number of aromatic nitrogens is 2. The first-order valence-electron chi connectivity index (χ1n) is 8.35. The zero-order valence-electron chi connectivity index (χ0n) is 15.1. The van der Waals surface area contributed by atoms with Crippen molar-refractivity contribution in [2.45, 2.75) is 20.4 Å². The van der Waals surface area contributed by atoms with E-state index in [1.807, 2.05) is 38.1 Å². The van der Waals surface area contributed by atoms with Crippen LogP contribution in [-0.4, -0.2) is 34.4 Å². The minimum absolute atomic E-state index is 0.0722. The minimum atomic E-state index is -0.210. The van der Waals surface area contributed by atoms with Gasteiger partial charge in [-0.05, 0) is 49.2 Å². The van der Waals surface area contributed by atoms with E-state index in [0.717, 1.165) is 11.1 Å². The monoisotopic (exact) mass is 351 g/mol. The third-order valence-electron chi connectivity index (χ3n) is 4.03. The van der Waals surface area contributed by atoms with Crippen molar-refractivity contribution in [3.63, 3.8) is 0 Å². The fourth-order valence-corrected chi connectivity index (χ4v) is 2.79. The third kappa shape index (κ3) is 4.08. The van der Waals surface area contributed by atoms with Crippen LogP contribution in [-0.2, 0) is 11.3 Å². The lowest BCUT2D eigenvalue weighted by atomic mass is 10.1. The largest absolute Gasteiger partial charge is 0.484 e. The molecule has 0 saturated carbocycles. The summed E-state index contributed by atoms with van der Waals surface area (Å²) in [4.78, 5) is 33.0. The number of hydrogen-bond acceptors (Lipinski definition) is 4. The van der Waals surface area contributed by atoms with E-state index in [2.05, 4.69) is 9.97 Å². The molecule has 0 spiro atoms. The van der Waals surface area contributed by atoms with E-state index in [9.17, 15) is 9.59 Å². The molecule has 0 aliphatic rings. The maximum Gasteiger partial charge on any atom is 0.260 e. The molecular weight excluding hydrogens is 330 g/mol. The minimum Gasteiger partial charge on any atom is -0.484 e. The van der Waals surface area contributed by atoms with E-state index in [1.54, 1.807) is 25.2 Å². The SMILES string of the molecule is Cc1cc(C)cc(OCC(=O)N(C)Cc2nc3ccccc3c(=O)[nH]2)c1. The van der Waals surface area contributed by atoms with Crippen LogP contribution in [0.5, 0.6) is 5.75 Å². The van der Waals surface area contributed by atoms with E-state index in [-0.39, 0.29) is 24.6 Å². The Morgan fingerprint density at radius 1 is 1.15 bits per heavy atom. The van der Waals surface area contributed by atoms with Crippen molar-refractivity contribution in [2.24, 2.45) is 0 Å². The number of likely N-dealkylation sites (N-methyl/N-ethyl adjacent to an activating group) is 1. The summed E-state index contributed by atoms with van der Waals surface area (Å²) in [7, 11) is 1.66. The molecule has 1 N–H and O–H groups in total. The average molecular weight is 351 g/mol. The Labute approximate surface area is 151 Å². The maximum atomic E-state index is 12.3. The van der Waals surface area contributed by atoms with Gasteiger partial charge in [-0.3, -0.25) is 9.59 Å². The summed E-state index contributed by atoms with van der Waals surface area (Å²) < 4.78 is 5.60. The molecule has 3 aromatic rings. The first kappa shape index (κ1) is 17.7. The van der Waals surface area contributed by atoms with Crippen molar-refractivity contribution < 1.29 is 9.53 Å². The number of nitrogens with one attached hydrogen (secondary N) is 1. The van der Waals surface area contributed by atoms with Crippen molar-refractivity contribution in [3.05, 3.63) is 69.8 Å². The number of H-pyrrole nitrogens is 1. The number of hydrogen-bond donors (Lipinski definition) is 1. The van der Waals surface area contributed by atoms with E-state index >= 15 is 0 Å². The van der Waals surface area contributed by atoms with Gasteiger partial charge in [0.1, 0.15) is 11.6 Å². The second kappa shape index (κ2) is 7.39. The molecule has 1 aromatic heterocycles. The third-order valence-corrected chi connectivity index (χ3v) is 4.03. The molecule has 0 bridgehead atoms. The van der Waals surface area contributed by atoms with Gasteiger partial charge in [0.15, 0.2) is 6.61 Å². The summed E-state index contributed by atoms with van der Waals surface area (Å²) >= 11 is 0. The van der Waals surface area contributed by atoms with Gasteiger partial charge >= 0.3 is 0 Å². The van der Waals surface area contributed by atoms with E-state index < -0.39 is 0 Å². The quantitative estimate of drug-likeness (QED) is 0.767. The highest BCUT2D eigenvalue weighted by Crippen LogP contribution is 2.16. The summed E-state index contributed by atoms with van der Waals surface area (Å²) in [6.45, 7) is 4.09. The Hall–Kier alpha value is -3.15. The first-order valence-corrected chi connectivity index (χ1v) is 8.35. The molecule has 0 saturated heterocycles. The highest BCUT2D eigenvalue weighted by atomic mass is 16.5. The molecule has 0 unspecified atom stereocenters. The number of carbonyl (C=O) groups excluding carboxylic acids is 1. The number of benzene rings is 2. The fraction of sp³-hybridized carbons (Fsp3) is 0.250. The summed E-state index contributed by atoms with van der Waals surface area (Å²) in [5.41, 5.74) is 2.56. The van der Waals surface area contributed by atoms with Gasteiger partial charge in [0.25, 0.3) is 11.5 Å². The van der Waals surface area contributed by atoms with Crippen LogP contribution in [0, 0.1) is 13.8 Å². The van der Waals surface area contributed by atoms with Crippen LogP contribution in [0.15, 0.2) is 47.3 Å². The van der Waals surface area contributed by atoms with Crippen molar-refractivity contribution in [3.8, 4) is 5.75 Å². The molecule has 6 heteroatoms. The summed E-state index contributed by atoms with van der Waals surface area (Å²) in [5.74, 6) is 0.914. The van der Waals surface area contributed by atoms with Gasteiger partial charge in [0.05, 0.1) is 17.4 Å². The molecule has 0 radical (unpaired) electrons. The highest BCUT2D eigenvalue weighted by molar-refractivity contribution is 5.78. The van der Waals surface area contributed by atoms with Crippen LogP contribution in [0.3, 0.4) is 0 Å². The number of amides is 1. The molecule has 0 fully saturated rings. The van der Waals surface area contributed by atoms with Crippen LogP contribution in [0.25, 0.3) is 10.9 Å². The van der Waals surface area contributed by atoms with Crippen molar-refractivity contribution in [2.75, 3.05) is 13.7 Å². The van der Waals surface area contributed by atoms with Gasteiger partial charge in [-0.15, -0.1) is 0 Å². The molecule has 0 aliphatic heterocycles. The summed E-state index contributed by atoms with van der Waals surface area (Å²) in [6, 6.07) is 12.9. The summed E-state index contributed by atoms with van der Waals surface area (Å²) in [6.07, 6.45) is 0. The second-order valence-electron chi connectivity index (χ2n) is 6.39. The molecular formula is C20H21N3O3. The second-order valence-corrected chi connectivity index (χ2v) is 6.39. The first-order chi connectivity index (χ1) is 12.4. The number of fused-ring (bicyclic) bond motifs is 1. The van der Waals surface area contributed by atoms with E-state index in [0.29, 0.717) is 22.5 Å². The normalized spacial score (nSPS) is 10.7. The van der Waals surface area contributed by atoms with Gasteiger partial charge in [0.2, 0.25) is 0 Å². The smallest absolute Gasteiger partial charge is 0.260 e. The number of rotatable bonds is 5.